The molecule has 0 aliphatic rings. The summed E-state index contributed by atoms with van der Waals surface area (Å²) >= 11 is 0. The van der Waals surface area contributed by atoms with Gasteiger partial charge in [-0.05, 0) is 25.5 Å². The molecule has 0 aliphatic carbocycles. The lowest BCUT2D eigenvalue weighted by atomic mass is 10.1. The van der Waals surface area contributed by atoms with Gasteiger partial charge in [-0.25, -0.2) is 13.1 Å². The molecule has 6 heteroatoms. The van der Waals surface area contributed by atoms with Crippen molar-refractivity contribution >= 4 is 20.8 Å². The van der Waals surface area contributed by atoms with Crippen LogP contribution in [0.1, 0.15) is 13.3 Å². The molecule has 2 rings (SSSR count). The Morgan fingerprint density at radius 3 is 2.50 bits per heavy atom. The number of fused-ring (bicyclic) bond motifs is 1. The molecule has 0 spiro atoms. The predicted molar refractivity (Wildman–Crippen MR) is 86.8 cm³/mol. The lowest BCUT2D eigenvalue weighted by Crippen LogP contribution is -2.25. The average Bonchev–Trinajstić information content (AvgIpc) is 2.53. The number of methoxy groups -OCH3 is 1. The van der Waals surface area contributed by atoms with Gasteiger partial charge in [0.1, 0.15) is 5.75 Å². The zero-order valence-electron chi connectivity index (χ0n) is 12.8. The minimum Gasteiger partial charge on any atom is -0.496 e. The maximum absolute atomic E-state index is 12.5. The van der Waals surface area contributed by atoms with Crippen molar-refractivity contribution in [3.63, 3.8) is 0 Å². The van der Waals surface area contributed by atoms with Crippen LogP contribution in [0.25, 0.3) is 10.8 Å². The molecule has 0 unspecified atom stereocenters. The molecule has 0 saturated carbocycles. The summed E-state index contributed by atoms with van der Waals surface area (Å²) in [7, 11) is -1.99. The lowest BCUT2D eigenvalue weighted by molar-refractivity contribution is 0.146. The summed E-state index contributed by atoms with van der Waals surface area (Å²) in [5.74, 6) is 0.658. The molecule has 5 nitrogen and oxygen atoms in total. The van der Waals surface area contributed by atoms with Crippen LogP contribution in [0, 0.1) is 0 Å². The maximum Gasteiger partial charge on any atom is 0.241 e. The molecule has 0 atom stereocenters. The zero-order chi connectivity index (χ0) is 16.0. The van der Waals surface area contributed by atoms with Crippen molar-refractivity contribution in [2.24, 2.45) is 0 Å². The zero-order valence-corrected chi connectivity index (χ0v) is 13.7. The molecule has 0 aliphatic heterocycles. The maximum atomic E-state index is 12.5. The van der Waals surface area contributed by atoms with Crippen LogP contribution in [-0.2, 0) is 14.8 Å². The van der Waals surface area contributed by atoms with Crippen molar-refractivity contribution in [2.75, 3.05) is 26.9 Å². The monoisotopic (exact) mass is 323 g/mol. The van der Waals surface area contributed by atoms with Gasteiger partial charge in [-0.1, -0.05) is 24.3 Å². The van der Waals surface area contributed by atoms with Crippen LogP contribution in [0.3, 0.4) is 0 Å². The Bertz CT molecular complexity index is 728. The first-order valence-corrected chi connectivity index (χ1v) is 8.71. The van der Waals surface area contributed by atoms with Gasteiger partial charge in [-0.2, -0.15) is 0 Å². The van der Waals surface area contributed by atoms with E-state index in [2.05, 4.69) is 4.72 Å². The second kappa shape index (κ2) is 7.58. The van der Waals surface area contributed by atoms with Crippen LogP contribution in [0.4, 0.5) is 0 Å². The fraction of sp³-hybridized carbons (Fsp3) is 0.375. The minimum absolute atomic E-state index is 0.264. The van der Waals surface area contributed by atoms with Gasteiger partial charge in [0.25, 0.3) is 0 Å². The van der Waals surface area contributed by atoms with E-state index in [0.29, 0.717) is 37.3 Å². The topological polar surface area (TPSA) is 64.6 Å². The fourth-order valence-electron chi connectivity index (χ4n) is 2.26. The standard InChI is InChI=1S/C16H21NO4S/c1-3-21-12-6-11-17-22(18,19)16-10-9-15(20-2)13-7-4-5-8-14(13)16/h4-5,7-10,17H,3,6,11-12H2,1-2H3. The van der Waals surface area contributed by atoms with E-state index in [1.54, 1.807) is 25.3 Å². The van der Waals surface area contributed by atoms with E-state index in [-0.39, 0.29) is 4.90 Å². The van der Waals surface area contributed by atoms with Crippen LogP contribution in [-0.4, -0.2) is 35.3 Å². The number of nitrogens with one attached hydrogen (secondary N) is 1. The van der Waals surface area contributed by atoms with Crippen LogP contribution in [0.5, 0.6) is 5.75 Å². The number of sulfonamides is 1. The van der Waals surface area contributed by atoms with Crippen molar-refractivity contribution in [2.45, 2.75) is 18.2 Å². The molecular formula is C16H21NO4S. The van der Waals surface area contributed by atoms with E-state index in [9.17, 15) is 8.42 Å². The molecule has 120 valence electrons. The number of hydrogen-bond acceptors (Lipinski definition) is 4. The van der Waals surface area contributed by atoms with Gasteiger partial charge in [0.2, 0.25) is 10.0 Å². The van der Waals surface area contributed by atoms with Gasteiger partial charge < -0.3 is 9.47 Å². The predicted octanol–water partition coefficient (Wildman–Crippen LogP) is 2.55. The second-order valence-corrected chi connectivity index (χ2v) is 6.50. The number of ether oxygens (including phenoxy) is 2. The Morgan fingerprint density at radius 1 is 1.09 bits per heavy atom. The third kappa shape index (κ3) is 3.76. The molecule has 0 fully saturated rings. The third-order valence-corrected chi connectivity index (χ3v) is 4.83. The van der Waals surface area contributed by atoms with Crippen molar-refractivity contribution in [3.05, 3.63) is 36.4 Å². The summed E-state index contributed by atoms with van der Waals surface area (Å²) in [6, 6.07) is 10.6. The Hall–Kier alpha value is -1.63. The van der Waals surface area contributed by atoms with Gasteiger partial charge >= 0.3 is 0 Å². The molecule has 2 aromatic carbocycles. The Labute approximate surface area is 131 Å². The molecular weight excluding hydrogens is 302 g/mol. The summed E-state index contributed by atoms with van der Waals surface area (Å²) in [6.07, 6.45) is 0.640. The Kier molecular flexibility index (Phi) is 5.76. The van der Waals surface area contributed by atoms with Crippen LogP contribution in [0.15, 0.2) is 41.3 Å². The Balaban J connectivity index is 2.26. The van der Waals surface area contributed by atoms with Gasteiger partial charge in [0.05, 0.1) is 12.0 Å². The molecule has 2 aromatic rings. The average molecular weight is 323 g/mol. The van der Waals surface area contributed by atoms with Gasteiger partial charge in [-0.15, -0.1) is 0 Å². The van der Waals surface area contributed by atoms with Gasteiger partial charge in [-0.3, -0.25) is 0 Å². The van der Waals surface area contributed by atoms with E-state index in [1.807, 2.05) is 25.1 Å². The number of rotatable bonds is 8. The van der Waals surface area contributed by atoms with Gasteiger partial charge in [0, 0.05) is 30.5 Å². The fourth-order valence-corrected chi connectivity index (χ4v) is 3.54. The summed E-state index contributed by atoms with van der Waals surface area (Å²) in [4.78, 5) is 0.264. The molecule has 0 bridgehead atoms. The van der Waals surface area contributed by atoms with E-state index < -0.39 is 10.0 Å². The molecule has 0 aromatic heterocycles. The molecule has 0 saturated heterocycles. The van der Waals surface area contributed by atoms with Crippen LogP contribution >= 0.6 is 0 Å². The lowest BCUT2D eigenvalue weighted by Gasteiger charge is -2.12. The van der Waals surface area contributed by atoms with Gasteiger partial charge in [0.15, 0.2) is 0 Å². The normalized spacial score (nSPS) is 11.7. The summed E-state index contributed by atoms with van der Waals surface area (Å²) in [6.45, 7) is 3.44. The second-order valence-electron chi connectivity index (χ2n) is 4.76. The third-order valence-electron chi connectivity index (χ3n) is 3.32. The first-order chi connectivity index (χ1) is 10.6. The summed E-state index contributed by atoms with van der Waals surface area (Å²) in [5, 5.41) is 1.43. The van der Waals surface area contributed by atoms with Crippen molar-refractivity contribution < 1.29 is 17.9 Å². The molecule has 1 N–H and O–H groups in total. The quantitative estimate of drug-likeness (QED) is 0.758. The highest BCUT2D eigenvalue weighted by atomic mass is 32.2. The van der Waals surface area contributed by atoms with Crippen molar-refractivity contribution in [1.82, 2.24) is 4.72 Å². The van der Waals surface area contributed by atoms with E-state index >= 15 is 0 Å². The SMILES string of the molecule is CCOCCCNS(=O)(=O)c1ccc(OC)c2ccccc12. The summed E-state index contributed by atoms with van der Waals surface area (Å²) < 4.78 is 38.1. The van der Waals surface area contributed by atoms with Crippen LogP contribution in [0.2, 0.25) is 0 Å². The highest BCUT2D eigenvalue weighted by molar-refractivity contribution is 7.89. The minimum atomic E-state index is -3.56. The smallest absolute Gasteiger partial charge is 0.241 e. The Morgan fingerprint density at radius 2 is 1.82 bits per heavy atom. The number of hydrogen-bond donors (Lipinski definition) is 1. The molecule has 0 heterocycles. The summed E-state index contributed by atoms with van der Waals surface area (Å²) in [5.41, 5.74) is 0. The van der Waals surface area contributed by atoms with Crippen LogP contribution < -0.4 is 9.46 Å². The van der Waals surface area contributed by atoms with E-state index in [1.165, 1.54) is 0 Å². The first kappa shape index (κ1) is 16.7. The molecule has 0 amide bonds. The van der Waals surface area contributed by atoms with E-state index in [4.69, 9.17) is 9.47 Å². The largest absolute Gasteiger partial charge is 0.496 e. The number of benzene rings is 2. The van der Waals surface area contributed by atoms with Crippen molar-refractivity contribution in [3.8, 4) is 5.75 Å². The highest BCUT2D eigenvalue weighted by Crippen LogP contribution is 2.30. The van der Waals surface area contributed by atoms with E-state index in [0.717, 1.165) is 5.39 Å². The molecule has 0 radical (unpaired) electrons. The first-order valence-electron chi connectivity index (χ1n) is 7.23. The highest BCUT2D eigenvalue weighted by Gasteiger charge is 2.18. The van der Waals surface area contributed by atoms with Crippen molar-refractivity contribution in [1.29, 1.82) is 0 Å². The molecule has 22 heavy (non-hydrogen) atoms.